The van der Waals surface area contributed by atoms with Gasteiger partial charge in [0.05, 0.1) is 33.8 Å². The molecular weight excluding hydrogens is 1070 g/mol. The number of ether oxygens (including phenoxy) is 1. The van der Waals surface area contributed by atoms with Crippen LogP contribution in [0.2, 0.25) is 0 Å². The summed E-state index contributed by atoms with van der Waals surface area (Å²) >= 11 is 0. The highest BCUT2D eigenvalue weighted by molar-refractivity contribution is 7.47. The van der Waals surface area contributed by atoms with Gasteiger partial charge in [0.25, 0.3) is 0 Å². The Kier molecular flexibility index (Phi) is 62.1. The van der Waals surface area contributed by atoms with E-state index in [1.165, 1.54) is 193 Å². The van der Waals surface area contributed by atoms with Crippen LogP contribution in [0.4, 0.5) is 0 Å². The van der Waals surface area contributed by atoms with E-state index in [1.807, 2.05) is 33.3 Å². The molecule has 0 fully saturated rings. The van der Waals surface area contributed by atoms with E-state index >= 15 is 0 Å². The summed E-state index contributed by atoms with van der Waals surface area (Å²) in [5.74, 6) is -0.505. The van der Waals surface area contributed by atoms with E-state index in [0.717, 1.165) is 103 Å². The molecule has 0 heterocycles. The smallest absolute Gasteiger partial charge is 0.456 e. The highest BCUT2D eigenvalue weighted by Gasteiger charge is 2.30. The maximum Gasteiger partial charge on any atom is 0.472 e. The Morgan fingerprint density at radius 2 is 0.753 bits per heavy atom. The van der Waals surface area contributed by atoms with Crippen LogP contribution in [-0.2, 0) is 27.9 Å². The number of esters is 1. The summed E-state index contributed by atoms with van der Waals surface area (Å²) in [7, 11) is 1.49. The van der Waals surface area contributed by atoms with Gasteiger partial charge in [0.15, 0.2) is 0 Å². The van der Waals surface area contributed by atoms with Gasteiger partial charge < -0.3 is 19.4 Å². The maximum atomic E-state index is 13.6. The first kappa shape index (κ1) is 82.2. The molecule has 3 unspecified atom stereocenters. The third-order valence-corrected chi connectivity index (χ3v) is 16.8. The number of phosphoric acid groups is 1. The molecule has 0 aliphatic rings. The van der Waals surface area contributed by atoms with Gasteiger partial charge in [0.2, 0.25) is 5.91 Å². The zero-order valence-corrected chi connectivity index (χ0v) is 57.5. The third-order valence-electron chi connectivity index (χ3n) is 15.8. The summed E-state index contributed by atoms with van der Waals surface area (Å²) in [6, 6.07) is -0.856. The van der Waals surface area contributed by atoms with E-state index in [9.17, 15) is 19.0 Å². The van der Waals surface area contributed by atoms with Gasteiger partial charge in [-0.1, -0.05) is 299 Å². The van der Waals surface area contributed by atoms with E-state index in [-0.39, 0.29) is 31.5 Å². The first-order valence-corrected chi connectivity index (χ1v) is 37.4. The number of hydrogen-bond acceptors (Lipinski definition) is 6. The number of nitrogens with zero attached hydrogens (tertiary/aromatic N) is 1. The van der Waals surface area contributed by atoms with Crippen molar-refractivity contribution in [3.8, 4) is 0 Å². The van der Waals surface area contributed by atoms with Crippen molar-refractivity contribution >= 4 is 19.7 Å². The SMILES string of the molecule is CC/C=C\C/C=C\C/C=C\C/C=C\C/C=C\CCCCCCCCCCCC(=O)NC(COP(=O)(O)OCC[N+](C)(C)C)C(/C=C\CCCCCCCCCCCCC)OC(=O)CCCCCCCCCCCCC/C=C/CCCCCCCC. The number of quaternary nitrogens is 1. The lowest BCUT2D eigenvalue weighted by Crippen LogP contribution is -2.47. The van der Waals surface area contributed by atoms with E-state index in [0.29, 0.717) is 17.4 Å². The molecule has 494 valence electrons. The minimum Gasteiger partial charge on any atom is -0.456 e. The normalized spacial score (nSPS) is 14.0. The van der Waals surface area contributed by atoms with E-state index in [1.54, 1.807) is 0 Å². The van der Waals surface area contributed by atoms with Gasteiger partial charge in [-0.25, -0.2) is 4.57 Å². The summed E-state index contributed by atoms with van der Waals surface area (Å²) in [4.78, 5) is 37.9. The average molecular weight is 1210 g/mol. The number of carbonyl (C=O) groups excluding carboxylic acids is 2. The topological polar surface area (TPSA) is 111 Å². The number of carbonyl (C=O) groups is 2. The van der Waals surface area contributed by atoms with Crippen molar-refractivity contribution in [3.05, 3.63) is 85.1 Å². The number of hydrogen-bond donors (Lipinski definition) is 2. The molecule has 2 N–H and O–H groups in total. The number of nitrogens with one attached hydrogen (secondary N) is 1. The highest BCUT2D eigenvalue weighted by Crippen LogP contribution is 2.43. The molecule has 0 radical (unpaired) electrons. The number of phosphoric ester groups is 1. The predicted octanol–water partition coefficient (Wildman–Crippen LogP) is 22.9. The van der Waals surface area contributed by atoms with Crippen molar-refractivity contribution in [2.75, 3.05) is 40.9 Å². The second kappa shape index (κ2) is 64.2. The second-order valence-electron chi connectivity index (χ2n) is 25.4. The predicted molar refractivity (Wildman–Crippen MR) is 369 cm³/mol. The van der Waals surface area contributed by atoms with Gasteiger partial charge in [0.1, 0.15) is 19.3 Å². The molecule has 0 spiro atoms. The molecule has 0 bridgehead atoms. The Bertz CT molecular complexity index is 1730. The van der Waals surface area contributed by atoms with Gasteiger partial charge in [-0.15, -0.1) is 0 Å². The van der Waals surface area contributed by atoms with Gasteiger partial charge in [-0.05, 0) is 102 Å². The quantitative estimate of drug-likeness (QED) is 0.0205. The van der Waals surface area contributed by atoms with Crippen molar-refractivity contribution in [2.45, 2.75) is 341 Å². The molecule has 3 atom stereocenters. The number of likely N-dealkylation sites (N-methyl/N-ethyl adjacent to an activating group) is 1. The minimum absolute atomic E-state index is 0.0368. The lowest BCUT2D eigenvalue weighted by atomic mass is 10.0. The van der Waals surface area contributed by atoms with Crippen LogP contribution in [0.15, 0.2) is 85.1 Å². The van der Waals surface area contributed by atoms with Crippen LogP contribution in [0.1, 0.15) is 329 Å². The Morgan fingerprint density at radius 3 is 1.14 bits per heavy atom. The second-order valence-corrected chi connectivity index (χ2v) is 26.8. The summed E-state index contributed by atoms with van der Waals surface area (Å²) in [6.07, 6.45) is 85.9. The average Bonchev–Trinajstić information content (AvgIpc) is 3.64. The van der Waals surface area contributed by atoms with Crippen LogP contribution in [0.25, 0.3) is 0 Å². The van der Waals surface area contributed by atoms with Crippen LogP contribution in [-0.4, -0.2) is 74.3 Å². The molecule has 9 nitrogen and oxygen atoms in total. The largest absolute Gasteiger partial charge is 0.472 e. The lowest BCUT2D eigenvalue weighted by molar-refractivity contribution is -0.870. The molecule has 0 saturated carbocycles. The molecule has 0 aromatic carbocycles. The molecule has 0 rings (SSSR count). The molecule has 1 amide bonds. The molecule has 0 saturated heterocycles. The molecule has 10 heteroatoms. The molecule has 0 aromatic rings. The standard InChI is InChI=1S/C75H137N2O7P/c1-7-10-13-16-19-22-25-28-30-32-34-36-37-38-39-41-42-44-46-49-52-55-58-61-64-67-74(78)76-72(71-83-85(80,81)82-70-69-77(4,5)6)73(66-63-60-57-54-51-48-27-24-21-18-15-12-9-3)84-75(79)68-65-62-59-56-53-50-47-45-43-40-35-33-31-29-26-23-20-17-14-11-8-2/h10,13,19,22,28-31,34,36,38-39,63,66,72-73H,7-9,11-12,14-18,20-21,23-27,32-33,35,37,40-62,64-65,67-71H2,1-6H3,(H-,76,78,80,81)/p+1/b13-10-,22-19-,30-28-,31-29+,36-34-,39-38-,66-63-. The van der Waals surface area contributed by atoms with E-state index in [2.05, 4.69) is 99.0 Å². The Hall–Kier alpha value is -2.81. The van der Waals surface area contributed by atoms with Gasteiger partial charge in [-0.3, -0.25) is 18.6 Å². The summed E-state index contributed by atoms with van der Waals surface area (Å²) < 4.78 is 30.9. The fourth-order valence-electron chi connectivity index (χ4n) is 10.3. The van der Waals surface area contributed by atoms with Crippen molar-refractivity contribution in [1.82, 2.24) is 5.32 Å². The molecule has 0 aromatic heterocycles. The highest BCUT2D eigenvalue weighted by atomic mass is 31.2. The number of rotatable bonds is 65. The lowest BCUT2D eigenvalue weighted by Gasteiger charge is -2.27. The molecule has 0 aliphatic heterocycles. The summed E-state index contributed by atoms with van der Waals surface area (Å²) in [6.45, 7) is 6.93. The fraction of sp³-hybridized carbons (Fsp3) is 0.787. The first-order chi connectivity index (χ1) is 41.4. The van der Waals surface area contributed by atoms with Gasteiger partial charge in [-0.2, -0.15) is 0 Å². The van der Waals surface area contributed by atoms with Gasteiger partial charge in [0, 0.05) is 12.8 Å². The van der Waals surface area contributed by atoms with E-state index < -0.39 is 20.0 Å². The van der Waals surface area contributed by atoms with Crippen molar-refractivity contribution in [2.24, 2.45) is 0 Å². The Labute approximate surface area is 526 Å². The summed E-state index contributed by atoms with van der Waals surface area (Å²) in [5.41, 5.74) is 0. The summed E-state index contributed by atoms with van der Waals surface area (Å²) in [5, 5.41) is 3.07. The zero-order chi connectivity index (χ0) is 62.1. The maximum absolute atomic E-state index is 13.6. The van der Waals surface area contributed by atoms with Gasteiger partial charge >= 0.3 is 13.8 Å². The molecular formula is C75H138N2O7P+. The first-order valence-electron chi connectivity index (χ1n) is 35.9. The van der Waals surface area contributed by atoms with Crippen molar-refractivity contribution < 1.29 is 37.3 Å². The third kappa shape index (κ3) is 65.5. The zero-order valence-electron chi connectivity index (χ0n) is 56.6. The monoisotopic (exact) mass is 1210 g/mol. The van der Waals surface area contributed by atoms with Crippen molar-refractivity contribution in [3.63, 3.8) is 0 Å². The molecule has 85 heavy (non-hydrogen) atoms. The van der Waals surface area contributed by atoms with Crippen LogP contribution in [0.5, 0.6) is 0 Å². The number of allylic oxidation sites excluding steroid dienone is 13. The number of unbranched alkanes of at least 4 members (excludes halogenated alkanes) is 37. The Balaban J connectivity index is 5.11. The van der Waals surface area contributed by atoms with Crippen LogP contribution < -0.4 is 5.32 Å². The molecule has 0 aliphatic carbocycles. The fourth-order valence-corrected chi connectivity index (χ4v) is 11.1. The van der Waals surface area contributed by atoms with E-state index in [4.69, 9.17) is 13.8 Å². The van der Waals surface area contributed by atoms with Crippen LogP contribution in [0.3, 0.4) is 0 Å². The minimum atomic E-state index is -4.46. The number of amides is 1. The Morgan fingerprint density at radius 1 is 0.424 bits per heavy atom. The van der Waals surface area contributed by atoms with Crippen molar-refractivity contribution in [1.29, 1.82) is 0 Å². The van der Waals surface area contributed by atoms with Crippen LogP contribution in [0, 0.1) is 0 Å². The van der Waals surface area contributed by atoms with Crippen LogP contribution >= 0.6 is 7.82 Å².